The van der Waals surface area contributed by atoms with E-state index in [0.717, 1.165) is 26.9 Å². The lowest BCUT2D eigenvalue weighted by molar-refractivity contribution is -0.497. The molecule has 0 spiro atoms. The maximum absolute atomic E-state index is 13.0. The van der Waals surface area contributed by atoms with Crippen LogP contribution in [0.25, 0.3) is 10.2 Å². The number of benzene rings is 2. The van der Waals surface area contributed by atoms with E-state index in [-0.39, 0.29) is 10.8 Å². The van der Waals surface area contributed by atoms with Crippen LogP contribution < -0.4 is 4.90 Å². The molecule has 2 atom stereocenters. The summed E-state index contributed by atoms with van der Waals surface area (Å²) in [6, 6.07) is 13.0. The van der Waals surface area contributed by atoms with Gasteiger partial charge in [0, 0.05) is 11.3 Å². The summed E-state index contributed by atoms with van der Waals surface area (Å²) >= 11 is 1.47. The summed E-state index contributed by atoms with van der Waals surface area (Å²) < 4.78 is 1.04. The Bertz CT molecular complexity index is 1030. The molecule has 0 bridgehead atoms. The zero-order valence-electron chi connectivity index (χ0n) is 15.1. The fourth-order valence-electron chi connectivity index (χ4n) is 3.37. The Labute approximate surface area is 160 Å². The Morgan fingerprint density at radius 3 is 2.70 bits per heavy atom. The van der Waals surface area contributed by atoms with E-state index in [9.17, 15) is 14.9 Å². The summed E-state index contributed by atoms with van der Waals surface area (Å²) in [5.74, 6) is -0.771. The number of nitrogens with zero attached hydrogens (tertiary/aromatic N) is 3. The minimum absolute atomic E-state index is 0.214. The molecule has 1 saturated carbocycles. The number of fused-ring (bicyclic) bond motifs is 1. The summed E-state index contributed by atoms with van der Waals surface area (Å²) in [5.41, 5.74) is 4.07. The number of hydrogen-bond acceptors (Lipinski definition) is 5. The lowest BCUT2D eigenvalue weighted by atomic mass is 10.1. The number of anilines is 1. The van der Waals surface area contributed by atoms with Crippen LogP contribution in [0.15, 0.2) is 42.5 Å². The normalized spacial score (nSPS) is 18.4. The average molecular weight is 381 g/mol. The molecule has 6 nitrogen and oxygen atoms in total. The molecule has 0 aliphatic heterocycles. The molecule has 2 aromatic carbocycles. The highest BCUT2D eigenvalue weighted by Crippen LogP contribution is 2.39. The van der Waals surface area contributed by atoms with Gasteiger partial charge in [-0.1, -0.05) is 47.7 Å². The van der Waals surface area contributed by atoms with Crippen LogP contribution in [0.1, 0.15) is 23.1 Å². The van der Waals surface area contributed by atoms with Crippen molar-refractivity contribution in [1.82, 2.24) is 4.98 Å². The van der Waals surface area contributed by atoms with Gasteiger partial charge in [-0.3, -0.25) is 19.8 Å². The van der Waals surface area contributed by atoms with Crippen LogP contribution in [0.4, 0.5) is 5.13 Å². The number of rotatable bonds is 5. The van der Waals surface area contributed by atoms with Gasteiger partial charge in [0.2, 0.25) is 11.9 Å². The SMILES string of the molecule is Cc1cc(C)c2sc(N(Cc3ccccc3)C(=O)C3CC3[N+](=O)[O-])nc2c1. The molecule has 1 aliphatic carbocycles. The predicted octanol–water partition coefficient (Wildman–Crippen LogP) is 4.11. The minimum Gasteiger partial charge on any atom is -0.283 e. The average Bonchev–Trinajstić information content (AvgIpc) is 3.33. The molecule has 1 aliphatic rings. The van der Waals surface area contributed by atoms with E-state index < -0.39 is 12.0 Å². The predicted molar refractivity (Wildman–Crippen MR) is 106 cm³/mol. The van der Waals surface area contributed by atoms with Crippen molar-refractivity contribution in [2.24, 2.45) is 5.92 Å². The Morgan fingerprint density at radius 2 is 2.04 bits per heavy atom. The van der Waals surface area contributed by atoms with Gasteiger partial charge in [0.05, 0.1) is 16.8 Å². The Morgan fingerprint density at radius 1 is 1.30 bits per heavy atom. The topological polar surface area (TPSA) is 76.3 Å². The molecule has 4 rings (SSSR count). The van der Waals surface area contributed by atoms with Gasteiger partial charge in [0.15, 0.2) is 5.13 Å². The lowest BCUT2D eigenvalue weighted by Gasteiger charge is -2.19. The molecule has 1 fully saturated rings. The van der Waals surface area contributed by atoms with Crippen LogP contribution >= 0.6 is 11.3 Å². The number of thiazole rings is 1. The molecule has 7 heteroatoms. The highest BCUT2D eigenvalue weighted by Gasteiger charge is 2.55. The standard InChI is InChI=1S/C20H19N3O3S/c1-12-8-13(2)18-16(9-12)21-20(27-18)22(11-14-6-4-3-5-7-14)19(24)15-10-17(15)23(25)26/h3-9,15,17H,10-11H2,1-2H3. The molecule has 1 aromatic heterocycles. The number of aromatic nitrogens is 1. The summed E-state index contributed by atoms with van der Waals surface area (Å²) in [6.07, 6.45) is 0.306. The summed E-state index contributed by atoms with van der Waals surface area (Å²) in [4.78, 5) is 30.0. The Hall–Kier alpha value is -2.80. The maximum atomic E-state index is 13.0. The van der Waals surface area contributed by atoms with E-state index in [2.05, 4.69) is 11.1 Å². The first-order valence-corrected chi connectivity index (χ1v) is 9.62. The lowest BCUT2D eigenvalue weighted by Crippen LogP contribution is -2.33. The van der Waals surface area contributed by atoms with Crippen molar-refractivity contribution < 1.29 is 9.72 Å². The highest BCUT2D eigenvalue weighted by molar-refractivity contribution is 7.22. The van der Waals surface area contributed by atoms with E-state index in [1.807, 2.05) is 50.2 Å². The first-order valence-electron chi connectivity index (χ1n) is 8.80. The van der Waals surface area contributed by atoms with E-state index in [1.54, 1.807) is 4.90 Å². The zero-order chi connectivity index (χ0) is 19.1. The molecule has 27 heavy (non-hydrogen) atoms. The van der Waals surface area contributed by atoms with Gasteiger partial charge in [0.25, 0.3) is 0 Å². The molecular weight excluding hydrogens is 362 g/mol. The first-order chi connectivity index (χ1) is 12.9. The van der Waals surface area contributed by atoms with E-state index in [1.165, 1.54) is 11.3 Å². The van der Waals surface area contributed by atoms with Crippen molar-refractivity contribution in [1.29, 1.82) is 0 Å². The van der Waals surface area contributed by atoms with Crippen LogP contribution in [-0.4, -0.2) is 21.9 Å². The first kappa shape index (κ1) is 17.6. The van der Waals surface area contributed by atoms with Crippen molar-refractivity contribution in [3.8, 4) is 0 Å². The number of hydrogen-bond donors (Lipinski definition) is 0. The number of aryl methyl sites for hydroxylation is 2. The van der Waals surface area contributed by atoms with Crippen LogP contribution in [0.3, 0.4) is 0 Å². The van der Waals surface area contributed by atoms with Crippen molar-refractivity contribution >= 4 is 32.6 Å². The summed E-state index contributed by atoms with van der Waals surface area (Å²) in [7, 11) is 0. The number of carbonyl (C=O) groups is 1. The number of amides is 1. The van der Waals surface area contributed by atoms with Gasteiger partial charge >= 0.3 is 0 Å². The van der Waals surface area contributed by atoms with Crippen LogP contribution in [0.2, 0.25) is 0 Å². The summed E-state index contributed by atoms with van der Waals surface area (Å²) in [5, 5.41) is 11.6. The molecule has 0 N–H and O–H groups in total. The quantitative estimate of drug-likeness (QED) is 0.492. The van der Waals surface area contributed by atoms with Crippen molar-refractivity contribution in [2.45, 2.75) is 32.9 Å². The van der Waals surface area contributed by atoms with Crippen LogP contribution in [0, 0.1) is 29.9 Å². The third kappa shape index (κ3) is 3.42. The Kier molecular flexibility index (Phi) is 4.39. The van der Waals surface area contributed by atoms with Gasteiger partial charge in [-0.15, -0.1) is 0 Å². The molecule has 3 aromatic rings. The van der Waals surface area contributed by atoms with Gasteiger partial charge in [-0.25, -0.2) is 4.98 Å². The molecule has 1 heterocycles. The smallest absolute Gasteiger partial charge is 0.239 e. The molecule has 1 amide bonds. The van der Waals surface area contributed by atoms with Gasteiger partial charge in [-0.2, -0.15) is 0 Å². The number of carbonyl (C=O) groups excluding carboxylic acids is 1. The van der Waals surface area contributed by atoms with E-state index >= 15 is 0 Å². The van der Waals surface area contributed by atoms with E-state index in [4.69, 9.17) is 0 Å². The zero-order valence-corrected chi connectivity index (χ0v) is 15.9. The second-order valence-corrected chi connectivity index (χ2v) is 8.01. The molecule has 0 saturated heterocycles. The van der Waals surface area contributed by atoms with Crippen molar-refractivity contribution in [3.63, 3.8) is 0 Å². The highest BCUT2D eigenvalue weighted by atomic mass is 32.1. The van der Waals surface area contributed by atoms with Crippen LogP contribution in [0.5, 0.6) is 0 Å². The van der Waals surface area contributed by atoms with Gasteiger partial charge < -0.3 is 0 Å². The summed E-state index contributed by atoms with van der Waals surface area (Å²) in [6.45, 7) is 4.41. The molecule has 2 unspecified atom stereocenters. The van der Waals surface area contributed by atoms with Crippen molar-refractivity contribution in [3.05, 3.63) is 69.3 Å². The van der Waals surface area contributed by atoms with Crippen LogP contribution in [-0.2, 0) is 11.3 Å². The Balaban J connectivity index is 1.72. The maximum Gasteiger partial charge on any atom is 0.239 e. The van der Waals surface area contributed by atoms with Gasteiger partial charge in [-0.05, 0) is 36.6 Å². The van der Waals surface area contributed by atoms with E-state index in [0.29, 0.717) is 18.1 Å². The van der Waals surface area contributed by atoms with Gasteiger partial charge in [0.1, 0.15) is 5.92 Å². The second-order valence-electron chi connectivity index (χ2n) is 7.03. The molecule has 0 radical (unpaired) electrons. The molecule has 138 valence electrons. The largest absolute Gasteiger partial charge is 0.283 e. The fraction of sp³-hybridized carbons (Fsp3) is 0.300. The molecular formula is C20H19N3O3S. The monoisotopic (exact) mass is 381 g/mol. The third-order valence-electron chi connectivity index (χ3n) is 4.83. The fourth-order valence-corrected chi connectivity index (χ4v) is 4.39. The second kappa shape index (κ2) is 6.74. The number of nitro groups is 1. The van der Waals surface area contributed by atoms with Crippen molar-refractivity contribution in [2.75, 3.05) is 4.90 Å². The third-order valence-corrected chi connectivity index (χ3v) is 6.06. The minimum atomic E-state index is -0.769.